The van der Waals surface area contributed by atoms with Crippen LogP contribution in [0.15, 0.2) is 35.8 Å². The Hall–Kier alpha value is -1.49. The van der Waals surface area contributed by atoms with Crippen LogP contribution in [-0.2, 0) is 6.54 Å². The normalized spacial score (nSPS) is 11.1. The molecule has 0 saturated carbocycles. The fourth-order valence-corrected chi connectivity index (χ4v) is 3.28. The molecule has 2 heterocycles. The Kier molecular flexibility index (Phi) is 4.48. The lowest BCUT2D eigenvalue weighted by atomic mass is 10.1. The molecule has 108 valence electrons. The van der Waals surface area contributed by atoms with Crippen LogP contribution in [0.3, 0.4) is 0 Å². The number of rotatable bonds is 5. The highest BCUT2D eigenvalue weighted by molar-refractivity contribution is 7.13. The molecule has 21 heavy (non-hydrogen) atoms. The molecule has 3 aromatic rings. The van der Waals surface area contributed by atoms with Crippen molar-refractivity contribution in [3.05, 3.63) is 46.6 Å². The molecule has 0 unspecified atom stereocenters. The van der Waals surface area contributed by atoms with Crippen LogP contribution in [0.4, 0.5) is 0 Å². The van der Waals surface area contributed by atoms with Crippen molar-refractivity contribution in [1.29, 1.82) is 0 Å². The molecule has 0 atom stereocenters. The Morgan fingerprint density at radius 3 is 3.05 bits per heavy atom. The van der Waals surface area contributed by atoms with E-state index in [2.05, 4.69) is 22.6 Å². The number of thiazole rings is 1. The summed E-state index contributed by atoms with van der Waals surface area (Å²) in [4.78, 5) is 9.17. The van der Waals surface area contributed by atoms with E-state index >= 15 is 0 Å². The van der Waals surface area contributed by atoms with Crippen LogP contribution in [-0.4, -0.2) is 16.5 Å². The summed E-state index contributed by atoms with van der Waals surface area (Å²) in [5.74, 6) is 0. The summed E-state index contributed by atoms with van der Waals surface area (Å²) in [6.07, 6.45) is 2.92. The highest BCUT2D eigenvalue weighted by atomic mass is 35.5. The average molecular weight is 318 g/mol. The maximum Gasteiger partial charge on any atom is 0.125 e. The number of aromatic nitrogens is 2. The Morgan fingerprint density at radius 1 is 1.29 bits per heavy atom. The lowest BCUT2D eigenvalue weighted by molar-refractivity contribution is 0.667. The average Bonchev–Trinajstić information content (AvgIpc) is 2.97. The van der Waals surface area contributed by atoms with Gasteiger partial charge >= 0.3 is 0 Å². The largest absolute Gasteiger partial charge is 0.311 e. The minimum Gasteiger partial charge on any atom is -0.311 e. The number of hydrogen-bond donors (Lipinski definition) is 1. The van der Waals surface area contributed by atoms with Crippen LogP contribution in [0.5, 0.6) is 0 Å². The first-order valence-corrected chi connectivity index (χ1v) is 8.24. The van der Waals surface area contributed by atoms with Crippen molar-refractivity contribution in [2.45, 2.75) is 19.9 Å². The summed E-state index contributed by atoms with van der Waals surface area (Å²) < 4.78 is 0. The van der Waals surface area contributed by atoms with Gasteiger partial charge in [0.15, 0.2) is 0 Å². The number of hydrogen-bond acceptors (Lipinski definition) is 4. The van der Waals surface area contributed by atoms with E-state index in [1.165, 1.54) is 0 Å². The van der Waals surface area contributed by atoms with Crippen molar-refractivity contribution in [3.63, 3.8) is 0 Å². The van der Waals surface area contributed by atoms with Gasteiger partial charge < -0.3 is 5.32 Å². The minimum atomic E-state index is 0.725. The Labute approximate surface area is 133 Å². The van der Waals surface area contributed by atoms with Crippen molar-refractivity contribution >= 4 is 33.8 Å². The Morgan fingerprint density at radius 2 is 2.19 bits per heavy atom. The lowest BCUT2D eigenvalue weighted by Crippen LogP contribution is -2.13. The third-order valence-corrected chi connectivity index (χ3v) is 4.49. The molecule has 0 aliphatic carbocycles. The van der Waals surface area contributed by atoms with Crippen molar-refractivity contribution in [3.8, 4) is 10.6 Å². The van der Waals surface area contributed by atoms with E-state index in [0.717, 1.165) is 51.7 Å². The predicted molar refractivity (Wildman–Crippen MR) is 89.9 cm³/mol. The van der Waals surface area contributed by atoms with Crippen LogP contribution in [0.1, 0.15) is 19.0 Å². The molecule has 0 fully saturated rings. The second-order valence-corrected chi connectivity index (χ2v) is 6.08. The number of pyridine rings is 1. The molecule has 1 aromatic carbocycles. The first-order valence-electron chi connectivity index (χ1n) is 6.98. The number of benzene rings is 1. The zero-order valence-electron chi connectivity index (χ0n) is 11.8. The first-order chi connectivity index (χ1) is 10.3. The topological polar surface area (TPSA) is 37.8 Å². The molecular formula is C16H16ClN3S. The molecule has 3 rings (SSSR count). The molecule has 5 heteroatoms. The smallest absolute Gasteiger partial charge is 0.125 e. The van der Waals surface area contributed by atoms with Crippen LogP contribution in [0.2, 0.25) is 5.02 Å². The van der Waals surface area contributed by atoms with Gasteiger partial charge in [0.2, 0.25) is 0 Å². The summed E-state index contributed by atoms with van der Waals surface area (Å²) in [5, 5.41) is 8.15. The quantitative estimate of drug-likeness (QED) is 0.703. The van der Waals surface area contributed by atoms with E-state index in [1.807, 2.05) is 24.3 Å². The number of nitrogens with one attached hydrogen (secondary N) is 1. The number of fused-ring (bicyclic) bond motifs is 1. The molecule has 0 saturated heterocycles. The second-order valence-electron chi connectivity index (χ2n) is 4.82. The first kappa shape index (κ1) is 14.4. The number of nitrogens with zero attached hydrogens (tertiary/aromatic N) is 2. The van der Waals surface area contributed by atoms with Crippen LogP contribution >= 0.6 is 22.9 Å². The maximum absolute atomic E-state index is 6.24. The van der Waals surface area contributed by atoms with Gasteiger partial charge in [-0.25, -0.2) is 4.98 Å². The Balaban J connectivity index is 1.96. The van der Waals surface area contributed by atoms with Crippen molar-refractivity contribution < 1.29 is 0 Å². The summed E-state index contributed by atoms with van der Waals surface area (Å²) in [6.45, 7) is 3.98. The summed E-state index contributed by atoms with van der Waals surface area (Å²) in [7, 11) is 0. The highest BCUT2D eigenvalue weighted by Gasteiger charge is 2.11. The van der Waals surface area contributed by atoms with Crippen LogP contribution in [0.25, 0.3) is 21.5 Å². The van der Waals surface area contributed by atoms with Gasteiger partial charge in [0.25, 0.3) is 0 Å². The van der Waals surface area contributed by atoms with Gasteiger partial charge in [-0.1, -0.05) is 18.5 Å². The molecule has 0 spiro atoms. The monoisotopic (exact) mass is 317 g/mol. The molecule has 0 aliphatic rings. The van der Waals surface area contributed by atoms with Gasteiger partial charge in [-0.2, -0.15) is 0 Å². The standard InChI is InChI=1S/C16H16ClN3S/c1-2-7-18-9-11-10-21-16(20-11)13-5-6-14(17)12-4-3-8-19-15(12)13/h3-6,8,10,18H,2,7,9H2,1H3. The Bertz CT molecular complexity index is 754. The molecule has 0 radical (unpaired) electrons. The summed E-state index contributed by atoms with van der Waals surface area (Å²) in [5.41, 5.74) is 3.02. The highest BCUT2D eigenvalue weighted by Crippen LogP contribution is 2.33. The van der Waals surface area contributed by atoms with Gasteiger partial charge in [0, 0.05) is 29.1 Å². The van der Waals surface area contributed by atoms with Gasteiger partial charge in [0.1, 0.15) is 5.01 Å². The van der Waals surface area contributed by atoms with Gasteiger partial charge in [-0.05, 0) is 37.2 Å². The molecule has 3 nitrogen and oxygen atoms in total. The summed E-state index contributed by atoms with van der Waals surface area (Å²) >= 11 is 7.89. The van der Waals surface area contributed by atoms with E-state index in [4.69, 9.17) is 16.6 Å². The fraction of sp³-hybridized carbons (Fsp3) is 0.250. The molecule has 2 aromatic heterocycles. The van der Waals surface area contributed by atoms with E-state index in [9.17, 15) is 0 Å². The maximum atomic E-state index is 6.24. The lowest BCUT2D eigenvalue weighted by Gasteiger charge is -2.04. The SMILES string of the molecule is CCCNCc1csc(-c2ccc(Cl)c3cccnc23)n1. The van der Waals surface area contributed by atoms with Gasteiger partial charge in [0.05, 0.1) is 16.2 Å². The van der Waals surface area contributed by atoms with Gasteiger partial charge in [-0.3, -0.25) is 4.98 Å². The van der Waals surface area contributed by atoms with Crippen LogP contribution in [0, 0.1) is 0 Å². The zero-order chi connectivity index (χ0) is 14.7. The second kappa shape index (κ2) is 6.52. The fourth-order valence-electron chi connectivity index (χ4n) is 2.22. The van der Waals surface area contributed by atoms with E-state index < -0.39 is 0 Å². The number of halogens is 1. The predicted octanol–water partition coefficient (Wildman–Crippen LogP) is 4.51. The zero-order valence-corrected chi connectivity index (χ0v) is 13.3. The van der Waals surface area contributed by atoms with Crippen molar-refractivity contribution in [1.82, 2.24) is 15.3 Å². The van der Waals surface area contributed by atoms with Crippen molar-refractivity contribution in [2.24, 2.45) is 0 Å². The molecule has 0 amide bonds. The molecule has 1 N–H and O–H groups in total. The molecule has 0 aliphatic heterocycles. The molecular weight excluding hydrogens is 302 g/mol. The van der Waals surface area contributed by atoms with E-state index in [1.54, 1.807) is 17.5 Å². The van der Waals surface area contributed by atoms with E-state index in [0.29, 0.717) is 0 Å². The molecule has 0 bridgehead atoms. The van der Waals surface area contributed by atoms with E-state index in [-0.39, 0.29) is 0 Å². The third kappa shape index (κ3) is 3.07. The van der Waals surface area contributed by atoms with Crippen LogP contribution < -0.4 is 5.32 Å². The minimum absolute atomic E-state index is 0.725. The third-order valence-electron chi connectivity index (χ3n) is 3.23. The van der Waals surface area contributed by atoms with Crippen molar-refractivity contribution in [2.75, 3.05) is 6.54 Å². The summed E-state index contributed by atoms with van der Waals surface area (Å²) in [6, 6.07) is 7.81. The van der Waals surface area contributed by atoms with Gasteiger partial charge in [-0.15, -0.1) is 11.3 Å².